The van der Waals surface area contributed by atoms with Gasteiger partial charge in [0.1, 0.15) is 5.69 Å². The highest BCUT2D eigenvalue weighted by molar-refractivity contribution is 6.03. The van der Waals surface area contributed by atoms with Gasteiger partial charge >= 0.3 is 0 Å². The first-order chi connectivity index (χ1) is 9.20. The zero-order valence-electron chi connectivity index (χ0n) is 10.8. The van der Waals surface area contributed by atoms with Crippen LogP contribution >= 0.6 is 0 Å². The fourth-order valence-corrected chi connectivity index (χ4v) is 1.82. The average molecular weight is 259 g/mol. The number of hydrogen-bond donors (Lipinski definition) is 2. The van der Waals surface area contributed by atoms with Crippen LogP contribution in [-0.4, -0.2) is 24.2 Å². The molecule has 0 aliphatic rings. The third-order valence-electron chi connectivity index (χ3n) is 2.74. The lowest BCUT2D eigenvalue weighted by molar-refractivity contribution is 0.101. The van der Waals surface area contributed by atoms with E-state index < -0.39 is 0 Å². The van der Waals surface area contributed by atoms with Crippen LogP contribution in [0.15, 0.2) is 42.6 Å². The summed E-state index contributed by atoms with van der Waals surface area (Å²) in [5.41, 5.74) is 7.58. The van der Waals surface area contributed by atoms with Crippen molar-refractivity contribution in [3.63, 3.8) is 0 Å². The van der Waals surface area contributed by atoms with E-state index in [0.717, 1.165) is 0 Å². The number of nitrogens with one attached hydrogen (secondary N) is 1. The quantitative estimate of drug-likeness (QED) is 0.806. The molecule has 1 heterocycles. The molecule has 5 nitrogen and oxygen atoms in total. The van der Waals surface area contributed by atoms with Crippen LogP contribution in [0.3, 0.4) is 0 Å². The van der Waals surface area contributed by atoms with Crippen LogP contribution in [-0.2, 0) is 11.3 Å². The van der Waals surface area contributed by atoms with Crippen molar-refractivity contribution in [2.75, 3.05) is 24.8 Å². The summed E-state index contributed by atoms with van der Waals surface area (Å²) in [6.45, 7) is 1.20. The van der Waals surface area contributed by atoms with Gasteiger partial charge in [-0.05, 0) is 30.3 Å². The molecule has 0 saturated carbocycles. The minimum Gasteiger partial charge on any atom is -0.399 e. The Hall–Kier alpha value is -2.27. The number of ether oxygens (including phenoxy) is 1. The molecule has 0 atom stereocenters. The maximum atomic E-state index is 12.2. The molecule has 2 rings (SSSR count). The lowest BCUT2D eigenvalue weighted by Crippen LogP contribution is -2.18. The van der Waals surface area contributed by atoms with Gasteiger partial charge in [-0.3, -0.25) is 4.79 Å². The van der Waals surface area contributed by atoms with Gasteiger partial charge in [0.05, 0.1) is 6.61 Å². The third-order valence-corrected chi connectivity index (χ3v) is 2.74. The van der Waals surface area contributed by atoms with E-state index >= 15 is 0 Å². The van der Waals surface area contributed by atoms with Crippen molar-refractivity contribution in [1.29, 1.82) is 0 Å². The van der Waals surface area contributed by atoms with E-state index in [1.165, 1.54) is 0 Å². The topological polar surface area (TPSA) is 69.3 Å². The summed E-state index contributed by atoms with van der Waals surface area (Å²) >= 11 is 0. The molecule has 0 radical (unpaired) electrons. The number of methoxy groups -OCH3 is 1. The lowest BCUT2D eigenvalue weighted by Gasteiger charge is -2.09. The predicted molar refractivity (Wildman–Crippen MR) is 75.1 cm³/mol. The molecule has 0 fully saturated rings. The Bertz CT molecular complexity index is 563. The maximum absolute atomic E-state index is 12.2. The van der Waals surface area contributed by atoms with Gasteiger partial charge in [0, 0.05) is 31.2 Å². The SMILES string of the molecule is COCCn1cccc1C(=O)Nc1cccc(N)c1. The Morgan fingerprint density at radius 3 is 2.95 bits per heavy atom. The Balaban J connectivity index is 2.09. The van der Waals surface area contributed by atoms with Crippen molar-refractivity contribution >= 4 is 17.3 Å². The van der Waals surface area contributed by atoms with Crippen LogP contribution in [0.5, 0.6) is 0 Å². The van der Waals surface area contributed by atoms with E-state index in [4.69, 9.17) is 10.5 Å². The van der Waals surface area contributed by atoms with E-state index in [0.29, 0.717) is 30.2 Å². The van der Waals surface area contributed by atoms with Gasteiger partial charge < -0.3 is 20.4 Å². The smallest absolute Gasteiger partial charge is 0.272 e. The average Bonchev–Trinajstić information content (AvgIpc) is 2.84. The Kier molecular flexibility index (Phi) is 4.20. The predicted octanol–water partition coefficient (Wildman–Crippen LogP) is 1.97. The highest BCUT2D eigenvalue weighted by atomic mass is 16.5. The van der Waals surface area contributed by atoms with Crippen LogP contribution < -0.4 is 11.1 Å². The zero-order valence-corrected chi connectivity index (χ0v) is 10.8. The van der Waals surface area contributed by atoms with Crippen molar-refractivity contribution < 1.29 is 9.53 Å². The van der Waals surface area contributed by atoms with Gasteiger partial charge in [-0.15, -0.1) is 0 Å². The second-order valence-electron chi connectivity index (χ2n) is 4.16. The highest BCUT2D eigenvalue weighted by Crippen LogP contribution is 2.13. The number of nitrogens with zero attached hydrogens (tertiary/aromatic N) is 1. The molecule has 0 saturated heterocycles. The Labute approximate surface area is 112 Å². The molecule has 19 heavy (non-hydrogen) atoms. The molecule has 3 N–H and O–H groups in total. The number of nitrogens with two attached hydrogens (primary N) is 1. The highest BCUT2D eigenvalue weighted by Gasteiger charge is 2.10. The van der Waals surface area contributed by atoms with Crippen molar-refractivity contribution in [3.05, 3.63) is 48.3 Å². The Morgan fingerprint density at radius 1 is 1.37 bits per heavy atom. The molecule has 0 aliphatic carbocycles. The summed E-state index contributed by atoms with van der Waals surface area (Å²) < 4.78 is 6.87. The fraction of sp³-hybridized carbons (Fsp3) is 0.214. The summed E-state index contributed by atoms with van der Waals surface area (Å²) in [6.07, 6.45) is 1.85. The minimum absolute atomic E-state index is 0.160. The van der Waals surface area contributed by atoms with Gasteiger partial charge in [0.25, 0.3) is 5.91 Å². The molecule has 0 spiro atoms. The molecule has 0 unspecified atom stereocenters. The molecule has 1 aromatic heterocycles. The van der Waals surface area contributed by atoms with E-state index in [2.05, 4.69) is 5.32 Å². The number of carbonyl (C=O) groups excluding carboxylic acids is 1. The Morgan fingerprint density at radius 2 is 2.21 bits per heavy atom. The number of benzene rings is 1. The first-order valence-corrected chi connectivity index (χ1v) is 6.01. The lowest BCUT2D eigenvalue weighted by atomic mass is 10.2. The molecular weight excluding hydrogens is 242 g/mol. The molecule has 2 aromatic rings. The molecular formula is C14H17N3O2. The number of amides is 1. The van der Waals surface area contributed by atoms with E-state index in [1.807, 2.05) is 16.8 Å². The maximum Gasteiger partial charge on any atom is 0.272 e. The van der Waals surface area contributed by atoms with E-state index in [-0.39, 0.29) is 5.91 Å². The van der Waals surface area contributed by atoms with Crippen molar-refractivity contribution in [2.45, 2.75) is 6.54 Å². The fourth-order valence-electron chi connectivity index (χ4n) is 1.82. The molecule has 100 valence electrons. The minimum atomic E-state index is -0.160. The van der Waals surface area contributed by atoms with Crippen LogP contribution in [0.25, 0.3) is 0 Å². The van der Waals surface area contributed by atoms with Crippen molar-refractivity contribution in [2.24, 2.45) is 0 Å². The van der Waals surface area contributed by atoms with Gasteiger partial charge in [-0.25, -0.2) is 0 Å². The molecule has 0 aliphatic heterocycles. The molecule has 1 aromatic carbocycles. The number of carbonyl (C=O) groups is 1. The van der Waals surface area contributed by atoms with E-state index in [1.54, 1.807) is 37.4 Å². The standard InChI is InChI=1S/C14H17N3O2/c1-19-9-8-17-7-3-6-13(17)14(18)16-12-5-2-4-11(15)10-12/h2-7,10H,8-9,15H2,1H3,(H,16,18). The number of rotatable bonds is 5. The summed E-state index contributed by atoms with van der Waals surface area (Å²) in [5, 5.41) is 2.82. The first kappa shape index (κ1) is 13.2. The normalized spacial score (nSPS) is 10.4. The summed E-state index contributed by atoms with van der Waals surface area (Å²) in [5.74, 6) is -0.160. The van der Waals surface area contributed by atoms with Gasteiger partial charge in [0.2, 0.25) is 0 Å². The number of aromatic nitrogens is 1. The summed E-state index contributed by atoms with van der Waals surface area (Å²) in [7, 11) is 1.63. The van der Waals surface area contributed by atoms with Crippen LogP contribution in [0.1, 0.15) is 10.5 Å². The summed E-state index contributed by atoms with van der Waals surface area (Å²) in [4.78, 5) is 12.2. The largest absolute Gasteiger partial charge is 0.399 e. The van der Waals surface area contributed by atoms with E-state index in [9.17, 15) is 4.79 Å². The molecule has 1 amide bonds. The van der Waals surface area contributed by atoms with Crippen LogP contribution in [0.4, 0.5) is 11.4 Å². The zero-order chi connectivity index (χ0) is 13.7. The second-order valence-corrected chi connectivity index (χ2v) is 4.16. The van der Waals surface area contributed by atoms with Gasteiger partial charge in [0.15, 0.2) is 0 Å². The monoisotopic (exact) mass is 259 g/mol. The third kappa shape index (κ3) is 3.35. The second kappa shape index (κ2) is 6.06. The van der Waals surface area contributed by atoms with Crippen LogP contribution in [0, 0.1) is 0 Å². The number of nitrogen functional groups attached to an aromatic ring is 1. The molecule has 0 bridgehead atoms. The number of hydrogen-bond acceptors (Lipinski definition) is 3. The first-order valence-electron chi connectivity index (χ1n) is 6.01. The molecule has 5 heteroatoms. The number of anilines is 2. The van der Waals surface area contributed by atoms with Gasteiger partial charge in [-0.1, -0.05) is 6.07 Å². The van der Waals surface area contributed by atoms with Gasteiger partial charge in [-0.2, -0.15) is 0 Å². The van der Waals surface area contributed by atoms with Crippen LogP contribution in [0.2, 0.25) is 0 Å². The summed E-state index contributed by atoms with van der Waals surface area (Å²) in [6, 6.07) is 10.7. The van der Waals surface area contributed by atoms with Crippen molar-refractivity contribution in [3.8, 4) is 0 Å². The van der Waals surface area contributed by atoms with Crippen molar-refractivity contribution in [1.82, 2.24) is 4.57 Å².